The molecule has 3 aromatic rings. The molecule has 0 bridgehead atoms. The van der Waals surface area contributed by atoms with Crippen molar-refractivity contribution in [3.63, 3.8) is 0 Å². The van der Waals surface area contributed by atoms with Crippen LogP contribution in [0, 0.1) is 0 Å². The van der Waals surface area contributed by atoms with Crippen LogP contribution in [0.3, 0.4) is 0 Å². The number of halogens is 1. The topological polar surface area (TPSA) is 60.6 Å². The molecule has 0 aliphatic carbocycles. The molecule has 1 N–H and O–H groups in total. The van der Waals surface area contributed by atoms with Gasteiger partial charge in [0.2, 0.25) is 0 Å². The van der Waals surface area contributed by atoms with E-state index in [-0.39, 0.29) is 0 Å². The predicted octanol–water partition coefficient (Wildman–Crippen LogP) is 2.75. The van der Waals surface area contributed by atoms with Crippen molar-refractivity contribution in [2.75, 3.05) is 5.32 Å². The van der Waals surface area contributed by atoms with Crippen molar-refractivity contribution in [3.8, 4) is 5.69 Å². The Balaban J connectivity index is 1.88. The van der Waals surface area contributed by atoms with E-state index >= 15 is 0 Å². The number of hydrogen-bond acceptors (Lipinski definition) is 4. The number of anilines is 1. The fourth-order valence-corrected chi connectivity index (χ4v) is 2.44. The van der Waals surface area contributed by atoms with Gasteiger partial charge in [-0.3, -0.25) is 0 Å². The molecule has 0 aliphatic rings. The third-order valence-electron chi connectivity index (χ3n) is 3.23. The van der Waals surface area contributed by atoms with Crippen molar-refractivity contribution in [1.29, 1.82) is 0 Å². The summed E-state index contributed by atoms with van der Waals surface area (Å²) in [6.07, 6.45) is 6.80. The largest absolute Gasteiger partial charge is 0.378 e. The van der Waals surface area contributed by atoms with Gasteiger partial charge in [-0.1, -0.05) is 17.7 Å². The number of imidazole rings is 1. The summed E-state index contributed by atoms with van der Waals surface area (Å²) in [5.74, 6) is 0. The van der Waals surface area contributed by atoms with E-state index in [1.807, 2.05) is 30.7 Å². The van der Waals surface area contributed by atoms with Crippen LogP contribution in [0.5, 0.6) is 0 Å². The summed E-state index contributed by atoms with van der Waals surface area (Å²) >= 11 is 6.29. The zero-order valence-electron chi connectivity index (χ0n) is 11.6. The predicted molar refractivity (Wildman–Crippen MR) is 81.6 cm³/mol. The van der Waals surface area contributed by atoms with Crippen molar-refractivity contribution in [3.05, 3.63) is 54.1 Å². The average Bonchev–Trinajstić information content (AvgIpc) is 3.16. The van der Waals surface area contributed by atoms with E-state index in [0.29, 0.717) is 11.6 Å². The number of para-hydroxylation sites is 1. The van der Waals surface area contributed by atoms with Gasteiger partial charge in [-0.25, -0.2) is 14.6 Å². The van der Waals surface area contributed by atoms with Gasteiger partial charge in [0.15, 0.2) is 0 Å². The Morgan fingerprint density at radius 3 is 2.90 bits per heavy atom. The second-order valence-corrected chi connectivity index (χ2v) is 4.91. The first kappa shape index (κ1) is 13.6. The molecule has 1 aromatic carbocycles. The molecule has 2 heterocycles. The second-order valence-electron chi connectivity index (χ2n) is 4.50. The third-order valence-corrected chi connectivity index (χ3v) is 3.54. The summed E-state index contributed by atoms with van der Waals surface area (Å²) in [6, 6.07) is 5.71. The van der Waals surface area contributed by atoms with E-state index in [2.05, 4.69) is 31.9 Å². The number of nitrogens with one attached hydrogen (secondary N) is 1. The number of aryl methyl sites for hydroxylation is 1. The molecule has 0 fully saturated rings. The monoisotopic (exact) mass is 302 g/mol. The molecule has 7 heteroatoms. The summed E-state index contributed by atoms with van der Waals surface area (Å²) in [5.41, 5.74) is 2.80. The Kier molecular flexibility index (Phi) is 3.87. The fourth-order valence-electron chi connectivity index (χ4n) is 2.18. The molecule has 0 saturated heterocycles. The van der Waals surface area contributed by atoms with E-state index in [0.717, 1.165) is 23.6 Å². The van der Waals surface area contributed by atoms with Gasteiger partial charge in [0.25, 0.3) is 0 Å². The zero-order chi connectivity index (χ0) is 14.7. The number of benzene rings is 1. The molecule has 0 spiro atoms. The van der Waals surface area contributed by atoms with Crippen LogP contribution in [0.15, 0.2) is 43.4 Å². The molecule has 108 valence electrons. The quantitative estimate of drug-likeness (QED) is 0.787. The zero-order valence-corrected chi connectivity index (χ0v) is 12.3. The van der Waals surface area contributed by atoms with Gasteiger partial charge in [-0.2, -0.15) is 5.10 Å². The number of aromatic nitrogens is 5. The van der Waals surface area contributed by atoms with Gasteiger partial charge in [-0.15, -0.1) is 0 Å². The van der Waals surface area contributed by atoms with Gasteiger partial charge in [-0.05, 0) is 19.1 Å². The summed E-state index contributed by atoms with van der Waals surface area (Å²) in [7, 11) is 0. The van der Waals surface area contributed by atoms with Gasteiger partial charge >= 0.3 is 0 Å². The standard InChI is InChI=1S/C14H15ClN6/c1-2-20-9-16-6-11(20)7-18-13-5-3-4-12(15)14(13)21-10-17-8-19-21/h3-6,8-10,18H,2,7H2,1H3. The second kappa shape index (κ2) is 5.97. The Hall–Kier alpha value is -2.34. The first-order valence-electron chi connectivity index (χ1n) is 6.66. The maximum atomic E-state index is 6.29. The maximum absolute atomic E-state index is 6.29. The van der Waals surface area contributed by atoms with E-state index < -0.39 is 0 Å². The van der Waals surface area contributed by atoms with Crippen molar-refractivity contribution in [2.45, 2.75) is 20.0 Å². The van der Waals surface area contributed by atoms with E-state index in [1.54, 1.807) is 11.0 Å². The van der Waals surface area contributed by atoms with E-state index in [9.17, 15) is 0 Å². The Morgan fingerprint density at radius 1 is 1.24 bits per heavy atom. The Bertz CT molecular complexity index is 719. The normalized spacial score (nSPS) is 10.8. The SMILES string of the molecule is CCn1cncc1CNc1cccc(Cl)c1-n1cncn1. The summed E-state index contributed by atoms with van der Waals surface area (Å²) in [6.45, 7) is 3.64. The highest BCUT2D eigenvalue weighted by molar-refractivity contribution is 6.33. The van der Waals surface area contributed by atoms with E-state index in [4.69, 9.17) is 11.6 Å². The van der Waals surface area contributed by atoms with Crippen LogP contribution in [0.4, 0.5) is 5.69 Å². The summed E-state index contributed by atoms with van der Waals surface area (Å²) in [5, 5.41) is 8.16. The minimum Gasteiger partial charge on any atom is -0.378 e. The molecule has 6 nitrogen and oxygen atoms in total. The molecule has 0 aliphatic heterocycles. The highest BCUT2D eigenvalue weighted by Crippen LogP contribution is 2.28. The fraction of sp³-hybridized carbons (Fsp3) is 0.214. The first-order chi connectivity index (χ1) is 10.3. The molecule has 21 heavy (non-hydrogen) atoms. The number of hydrogen-bond donors (Lipinski definition) is 1. The van der Waals surface area contributed by atoms with Crippen LogP contribution >= 0.6 is 11.6 Å². The molecule has 2 aromatic heterocycles. The van der Waals surface area contributed by atoms with Crippen LogP contribution in [-0.4, -0.2) is 24.3 Å². The number of rotatable bonds is 5. The molecule has 3 rings (SSSR count). The maximum Gasteiger partial charge on any atom is 0.138 e. The molecule has 0 saturated carbocycles. The minimum atomic E-state index is 0.620. The smallest absolute Gasteiger partial charge is 0.138 e. The first-order valence-corrected chi connectivity index (χ1v) is 7.03. The lowest BCUT2D eigenvalue weighted by Crippen LogP contribution is -2.08. The van der Waals surface area contributed by atoms with Crippen LogP contribution in [-0.2, 0) is 13.1 Å². The highest BCUT2D eigenvalue weighted by atomic mass is 35.5. The third kappa shape index (κ3) is 2.75. The molecular weight excluding hydrogens is 288 g/mol. The molecule has 0 unspecified atom stereocenters. The minimum absolute atomic E-state index is 0.620. The van der Waals surface area contributed by atoms with Crippen LogP contribution in [0.2, 0.25) is 5.02 Å². The van der Waals surface area contributed by atoms with Crippen molar-refractivity contribution in [2.24, 2.45) is 0 Å². The average molecular weight is 303 g/mol. The summed E-state index contributed by atoms with van der Waals surface area (Å²) < 4.78 is 3.74. The van der Waals surface area contributed by atoms with Gasteiger partial charge in [0.05, 0.1) is 29.3 Å². The number of nitrogens with zero attached hydrogens (tertiary/aromatic N) is 5. The molecular formula is C14H15ClN6. The van der Waals surface area contributed by atoms with Gasteiger partial charge in [0, 0.05) is 12.7 Å². The Labute approximate surface area is 127 Å². The Morgan fingerprint density at radius 2 is 2.14 bits per heavy atom. The lowest BCUT2D eigenvalue weighted by molar-refractivity contribution is 0.719. The molecule has 0 radical (unpaired) electrons. The lowest BCUT2D eigenvalue weighted by Gasteiger charge is -2.13. The molecule has 0 atom stereocenters. The molecule has 0 amide bonds. The van der Waals surface area contributed by atoms with Crippen molar-refractivity contribution in [1.82, 2.24) is 24.3 Å². The van der Waals surface area contributed by atoms with Crippen molar-refractivity contribution < 1.29 is 0 Å². The van der Waals surface area contributed by atoms with Gasteiger partial charge in [0.1, 0.15) is 18.3 Å². The van der Waals surface area contributed by atoms with Crippen LogP contribution in [0.25, 0.3) is 5.69 Å². The lowest BCUT2D eigenvalue weighted by atomic mass is 10.2. The summed E-state index contributed by atoms with van der Waals surface area (Å²) in [4.78, 5) is 8.13. The van der Waals surface area contributed by atoms with E-state index in [1.165, 1.54) is 6.33 Å². The van der Waals surface area contributed by atoms with Gasteiger partial charge < -0.3 is 9.88 Å². The van der Waals surface area contributed by atoms with Crippen LogP contribution in [0.1, 0.15) is 12.6 Å². The highest BCUT2D eigenvalue weighted by Gasteiger charge is 2.10. The van der Waals surface area contributed by atoms with Crippen molar-refractivity contribution >= 4 is 17.3 Å². The van der Waals surface area contributed by atoms with Crippen LogP contribution < -0.4 is 5.32 Å².